The zero-order chi connectivity index (χ0) is 15.4. The fourth-order valence-electron chi connectivity index (χ4n) is 1.58. The van der Waals surface area contributed by atoms with Gasteiger partial charge in [-0.15, -0.1) is 0 Å². The largest absolute Gasteiger partial charge is 0.368 e. The molecule has 0 aliphatic heterocycles. The van der Waals surface area contributed by atoms with Gasteiger partial charge >= 0.3 is 5.69 Å². The van der Waals surface area contributed by atoms with E-state index in [0.717, 1.165) is 24.4 Å². The highest BCUT2D eigenvalue weighted by Crippen LogP contribution is 2.30. The van der Waals surface area contributed by atoms with E-state index in [1.165, 1.54) is 6.07 Å². The minimum Gasteiger partial charge on any atom is -0.368 e. The van der Waals surface area contributed by atoms with E-state index < -0.39 is 4.92 Å². The van der Waals surface area contributed by atoms with Gasteiger partial charge in [0.25, 0.3) is 5.56 Å². The van der Waals surface area contributed by atoms with Gasteiger partial charge in [-0.3, -0.25) is 14.9 Å². The number of aryl methyl sites for hydroxylation is 1. The number of aromatic amines is 1. The summed E-state index contributed by atoms with van der Waals surface area (Å²) in [6.07, 6.45) is 2.51. The third kappa shape index (κ3) is 3.75. The van der Waals surface area contributed by atoms with E-state index in [4.69, 9.17) is 5.73 Å². The number of aromatic nitrogens is 4. The molecule has 3 N–H and O–H groups in total. The smallest absolute Gasteiger partial charge is 0.320 e. The molecule has 0 unspecified atom stereocenters. The predicted octanol–water partition coefficient (Wildman–Crippen LogP) is 1.15. The van der Waals surface area contributed by atoms with Gasteiger partial charge in [-0.25, -0.2) is 9.97 Å². The molecule has 10 heteroatoms. The van der Waals surface area contributed by atoms with Crippen LogP contribution in [0, 0.1) is 10.1 Å². The lowest BCUT2D eigenvalue weighted by molar-refractivity contribution is -0.388. The highest BCUT2D eigenvalue weighted by Gasteiger charge is 2.19. The number of nitro groups is 1. The maximum absolute atomic E-state index is 11.6. The van der Waals surface area contributed by atoms with Crippen molar-refractivity contribution in [1.29, 1.82) is 0 Å². The number of hydrogen-bond acceptors (Lipinski definition) is 8. The number of hydrogen-bond donors (Lipinski definition) is 2. The molecule has 110 valence electrons. The molecule has 0 fully saturated rings. The van der Waals surface area contributed by atoms with E-state index in [1.54, 1.807) is 0 Å². The quantitative estimate of drug-likeness (QED) is 0.362. The summed E-state index contributed by atoms with van der Waals surface area (Å²) in [6.45, 7) is 1.96. The lowest BCUT2D eigenvalue weighted by atomic mass is 10.2. The van der Waals surface area contributed by atoms with Crippen LogP contribution < -0.4 is 11.3 Å². The Bertz CT molecular complexity index is 732. The average Bonchev–Trinajstić information content (AvgIpc) is 2.38. The Morgan fingerprint density at radius 1 is 1.48 bits per heavy atom. The Kier molecular flexibility index (Phi) is 4.48. The molecule has 0 aliphatic rings. The van der Waals surface area contributed by atoms with Gasteiger partial charge in [0.15, 0.2) is 10.2 Å². The summed E-state index contributed by atoms with van der Waals surface area (Å²) >= 11 is 0.871. The Hall–Kier alpha value is -2.49. The molecular formula is C11H12N6O3S. The van der Waals surface area contributed by atoms with Gasteiger partial charge in [0.1, 0.15) is 6.20 Å². The highest BCUT2D eigenvalue weighted by molar-refractivity contribution is 7.99. The predicted molar refractivity (Wildman–Crippen MR) is 76.1 cm³/mol. The summed E-state index contributed by atoms with van der Waals surface area (Å²) in [5, 5.41) is 11.2. The van der Waals surface area contributed by atoms with Crippen molar-refractivity contribution < 1.29 is 4.92 Å². The van der Waals surface area contributed by atoms with Crippen LogP contribution in [0.15, 0.2) is 27.2 Å². The molecule has 2 aromatic rings. The van der Waals surface area contributed by atoms with E-state index >= 15 is 0 Å². The molecular weight excluding hydrogens is 296 g/mol. The molecule has 2 rings (SSSR count). The van der Waals surface area contributed by atoms with Crippen LogP contribution in [0.3, 0.4) is 0 Å². The molecule has 0 saturated heterocycles. The highest BCUT2D eigenvalue weighted by atomic mass is 32.2. The van der Waals surface area contributed by atoms with Crippen LogP contribution in [-0.2, 0) is 6.42 Å². The van der Waals surface area contributed by atoms with Gasteiger partial charge in [-0.1, -0.05) is 13.3 Å². The van der Waals surface area contributed by atoms with Crippen LogP contribution in [0.5, 0.6) is 0 Å². The average molecular weight is 308 g/mol. The van der Waals surface area contributed by atoms with Gasteiger partial charge in [-0.2, -0.15) is 4.98 Å². The third-order valence-electron chi connectivity index (χ3n) is 2.42. The van der Waals surface area contributed by atoms with Crippen LogP contribution in [0.1, 0.15) is 19.0 Å². The van der Waals surface area contributed by atoms with E-state index in [9.17, 15) is 14.9 Å². The van der Waals surface area contributed by atoms with Crippen LogP contribution in [-0.4, -0.2) is 24.9 Å². The van der Waals surface area contributed by atoms with Crippen molar-refractivity contribution in [3.63, 3.8) is 0 Å². The van der Waals surface area contributed by atoms with Crippen molar-refractivity contribution in [2.45, 2.75) is 29.9 Å². The van der Waals surface area contributed by atoms with Crippen LogP contribution in [0.2, 0.25) is 0 Å². The number of nitrogens with one attached hydrogen (secondary N) is 1. The second-order valence-electron chi connectivity index (χ2n) is 4.07. The first-order chi connectivity index (χ1) is 9.99. The van der Waals surface area contributed by atoms with Crippen LogP contribution in [0.4, 0.5) is 11.6 Å². The topological polar surface area (TPSA) is 141 Å². The van der Waals surface area contributed by atoms with Gasteiger partial charge in [0, 0.05) is 11.8 Å². The monoisotopic (exact) mass is 308 g/mol. The van der Waals surface area contributed by atoms with Crippen molar-refractivity contribution in [1.82, 2.24) is 19.9 Å². The zero-order valence-electron chi connectivity index (χ0n) is 11.1. The van der Waals surface area contributed by atoms with E-state index in [1.807, 2.05) is 6.92 Å². The molecule has 0 saturated carbocycles. The fourth-order valence-corrected chi connectivity index (χ4v) is 2.45. The van der Waals surface area contributed by atoms with Crippen molar-refractivity contribution in [3.8, 4) is 0 Å². The lowest BCUT2D eigenvalue weighted by Gasteiger charge is -2.03. The van der Waals surface area contributed by atoms with Crippen molar-refractivity contribution in [3.05, 3.63) is 38.4 Å². The lowest BCUT2D eigenvalue weighted by Crippen LogP contribution is -2.10. The molecule has 0 radical (unpaired) electrons. The van der Waals surface area contributed by atoms with E-state index in [0.29, 0.717) is 12.1 Å². The summed E-state index contributed by atoms with van der Waals surface area (Å²) < 4.78 is 0. The number of H-pyrrole nitrogens is 1. The number of nitrogen functional groups attached to an aromatic ring is 1. The van der Waals surface area contributed by atoms with Crippen LogP contribution in [0.25, 0.3) is 0 Å². The fraction of sp³-hybridized carbons (Fsp3) is 0.273. The van der Waals surface area contributed by atoms with Gasteiger partial charge in [0.05, 0.1) is 4.92 Å². The molecule has 0 aliphatic carbocycles. The second-order valence-corrected chi connectivity index (χ2v) is 5.05. The maximum Gasteiger partial charge on any atom is 0.320 e. The van der Waals surface area contributed by atoms with E-state index in [-0.39, 0.29) is 27.4 Å². The Morgan fingerprint density at radius 3 is 2.90 bits per heavy atom. The zero-order valence-corrected chi connectivity index (χ0v) is 11.9. The maximum atomic E-state index is 11.6. The summed E-state index contributed by atoms with van der Waals surface area (Å²) in [5.74, 6) is -0.0878. The van der Waals surface area contributed by atoms with Crippen molar-refractivity contribution in [2.75, 3.05) is 5.73 Å². The summed E-state index contributed by atoms with van der Waals surface area (Å²) in [7, 11) is 0. The number of nitrogens with zero attached hydrogens (tertiary/aromatic N) is 4. The Labute approximate surface area is 123 Å². The second kappa shape index (κ2) is 6.31. The molecule has 9 nitrogen and oxygen atoms in total. The van der Waals surface area contributed by atoms with Gasteiger partial charge in [-0.05, 0) is 18.2 Å². The molecule has 0 amide bonds. The summed E-state index contributed by atoms with van der Waals surface area (Å²) in [5.41, 5.74) is 5.44. The number of rotatable bonds is 5. The minimum atomic E-state index is -0.615. The molecule has 0 spiro atoms. The molecule has 0 aromatic carbocycles. The van der Waals surface area contributed by atoms with E-state index in [2.05, 4.69) is 19.9 Å². The van der Waals surface area contributed by atoms with Gasteiger partial charge in [0.2, 0.25) is 5.95 Å². The first kappa shape index (κ1) is 14.9. The Morgan fingerprint density at radius 2 is 2.24 bits per heavy atom. The SMILES string of the molecule is CCCc1cc(=O)[nH]c(Sc2nc(N)ncc2[N+](=O)[O-])n1. The first-order valence-electron chi connectivity index (χ1n) is 6.04. The summed E-state index contributed by atoms with van der Waals surface area (Å²) in [6, 6.07) is 1.40. The normalized spacial score (nSPS) is 10.5. The molecule has 2 heterocycles. The van der Waals surface area contributed by atoms with Crippen molar-refractivity contribution >= 4 is 23.4 Å². The third-order valence-corrected chi connectivity index (χ3v) is 3.30. The first-order valence-corrected chi connectivity index (χ1v) is 6.86. The number of anilines is 1. The van der Waals surface area contributed by atoms with Gasteiger partial charge < -0.3 is 10.7 Å². The van der Waals surface area contributed by atoms with Crippen LogP contribution >= 0.6 is 11.8 Å². The minimum absolute atomic E-state index is 0.0318. The summed E-state index contributed by atoms with van der Waals surface area (Å²) in [4.78, 5) is 36.0. The van der Waals surface area contributed by atoms with Crippen molar-refractivity contribution in [2.24, 2.45) is 0 Å². The molecule has 21 heavy (non-hydrogen) atoms. The standard InChI is InChI=1S/C11H12N6O3S/c1-2-3-6-4-8(18)15-11(14-6)21-9-7(17(19)20)5-13-10(12)16-9/h4-5H,2-3H2,1H3,(H2,12,13,16)(H,14,15,18). The molecule has 0 bridgehead atoms. The Balaban J connectivity index is 2.40. The molecule has 2 aromatic heterocycles. The number of nitrogens with two attached hydrogens (primary N) is 1. The molecule has 0 atom stereocenters.